The first kappa shape index (κ1) is 9.21. The molecule has 2 rings (SSSR count). The molecule has 0 aromatic heterocycles. The van der Waals surface area contributed by atoms with E-state index in [2.05, 4.69) is 22.2 Å². The van der Waals surface area contributed by atoms with Crippen molar-refractivity contribution in [3.63, 3.8) is 0 Å². The van der Waals surface area contributed by atoms with Gasteiger partial charge in [0.25, 0.3) is 0 Å². The number of rotatable bonds is 2. The molecule has 0 saturated carbocycles. The topological polar surface area (TPSA) is 35.8 Å². The number of benzene rings is 1. The molecule has 0 unspecified atom stereocenters. The molecule has 1 aromatic carbocycles. The van der Waals surface area contributed by atoms with Crippen molar-refractivity contribution < 1.29 is 5.21 Å². The Bertz CT molecular complexity index is 321. The van der Waals surface area contributed by atoms with Gasteiger partial charge in [-0.2, -0.15) is 0 Å². The minimum atomic E-state index is 0.797. The first-order chi connectivity index (χ1) is 6.88. The van der Waals surface area contributed by atoms with Gasteiger partial charge < -0.3 is 5.21 Å². The van der Waals surface area contributed by atoms with Crippen LogP contribution in [0.1, 0.15) is 12.0 Å². The molecule has 1 saturated heterocycles. The lowest BCUT2D eigenvalue weighted by Crippen LogP contribution is -2.19. The molecule has 1 aliphatic heterocycles. The molecule has 1 aromatic rings. The molecule has 0 bridgehead atoms. The van der Waals surface area contributed by atoms with Gasteiger partial charge in [-0.25, -0.2) is 0 Å². The average Bonchev–Trinajstić information content (AvgIpc) is 2.67. The fourth-order valence-electron chi connectivity index (χ4n) is 1.76. The molecular formula is C11H14N2O. The van der Waals surface area contributed by atoms with E-state index in [1.54, 1.807) is 0 Å². The Hall–Kier alpha value is -1.35. The van der Waals surface area contributed by atoms with Gasteiger partial charge in [0.05, 0.1) is 5.71 Å². The normalized spacial score (nSPS) is 20.4. The first-order valence-corrected chi connectivity index (χ1v) is 4.84. The SMILES string of the molecule is O/N=C1\CCN(Cc2ccccc2)C1. The third kappa shape index (κ3) is 2.12. The van der Waals surface area contributed by atoms with E-state index >= 15 is 0 Å². The van der Waals surface area contributed by atoms with Gasteiger partial charge in [-0.05, 0) is 5.56 Å². The monoisotopic (exact) mass is 190 g/mol. The molecular weight excluding hydrogens is 176 g/mol. The summed E-state index contributed by atoms with van der Waals surface area (Å²) in [5.74, 6) is 0. The molecule has 0 amide bonds. The van der Waals surface area contributed by atoms with Crippen molar-refractivity contribution in [2.75, 3.05) is 13.1 Å². The van der Waals surface area contributed by atoms with Crippen molar-refractivity contribution in [1.29, 1.82) is 0 Å². The van der Waals surface area contributed by atoms with E-state index in [1.165, 1.54) is 5.56 Å². The van der Waals surface area contributed by atoms with Crippen LogP contribution in [0.15, 0.2) is 35.5 Å². The van der Waals surface area contributed by atoms with E-state index in [0.717, 1.165) is 31.8 Å². The molecule has 1 N–H and O–H groups in total. The molecule has 0 radical (unpaired) electrons. The highest BCUT2D eigenvalue weighted by Crippen LogP contribution is 2.10. The quantitative estimate of drug-likeness (QED) is 0.569. The highest BCUT2D eigenvalue weighted by molar-refractivity contribution is 5.87. The molecule has 74 valence electrons. The van der Waals surface area contributed by atoms with Crippen LogP contribution in [0.5, 0.6) is 0 Å². The second-order valence-corrected chi connectivity index (χ2v) is 3.61. The van der Waals surface area contributed by atoms with Crippen LogP contribution >= 0.6 is 0 Å². The number of likely N-dealkylation sites (tertiary alicyclic amines) is 1. The first-order valence-electron chi connectivity index (χ1n) is 4.84. The van der Waals surface area contributed by atoms with Crippen molar-refractivity contribution in [1.82, 2.24) is 4.90 Å². The Balaban J connectivity index is 1.94. The summed E-state index contributed by atoms with van der Waals surface area (Å²) < 4.78 is 0. The number of oxime groups is 1. The van der Waals surface area contributed by atoms with E-state index in [-0.39, 0.29) is 0 Å². The van der Waals surface area contributed by atoms with Crippen molar-refractivity contribution in [2.24, 2.45) is 5.16 Å². The average molecular weight is 190 g/mol. The third-order valence-electron chi connectivity index (χ3n) is 2.51. The molecule has 3 heteroatoms. The Morgan fingerprint density at radius 1 is 1.29 bits per heavy atom. The van der Waals surface area contributed by atoms with Crippen molar-refractivity contribution in [3.05, 3.63) is 35.9 Å². The molecule has 3 nitrogen and oxygen atoms in total. The molecule has 0 spiro atoms. The highest BCUT2D eigenvalue weighted by atomic mass is 16.4. The lowest BCUT2D eigenvalue weighted by Gasteiger charge is -2.13. The van der Waals surface area contributed by atoms with Crippen molar-refractivity contribution in [2.45, 2.75) is 13.0 Å². The Morgan fingerprint density at radius 2 is 2.07 bits per heavy atom. The molecule has 0 atom stereocenters. The lowest BCUT2D eigenvalue weighted by molar-refractivity contribution is 0.313. The van der Waals surface area contributed by atoms with E-state index in [4.69, 9.17) is 5.21 Å². The second kappa shape index (κ2) is 4.24. The van der Waals surface area contributed by atoms with Gasteiger partial charge in [-0.3, -0.25) is 4.90 Å². The van der Waals surface area contributed by atoms with Gasteiger partial charge in [-0.15, -0.1) is 0 Å². The zero-order valence-corrected chi connectivity index (χ0v) is 8.06. The fraction of sp³-hybridized carbons (Fsp3) is 0.364. The Labute approximate surface area is 83.7 Å². The predicted molar refractivity (Wildman–Crippen MR) is 55.6 cm³/mol. The van der Waals surface area contributed by atoms with Gasteiger partial charge in [0.2, 0.25) is 0 Å². The van der Waals surface area contributed by atoms with E-state index in [0.29, 0.717) is 0 Å². The van der Waals surface area contributed by atoms with E-state index < -0.39 is 0 Å². The Kier molecular flexibility index (Phi) is 2.79. The van der Waals surface area contributed by atoms with Crippen molar-refractivity contribution >= 4 is 5.71 Å². The zero-order valence-electron chi connectivity index (χ0n) is 8.06. The summed E-state index contributed by atoms with van der Waals surface area (Å²) in [5.41, 5.74) is 2.20. The van der Waals surface area contributed by atoms with Crippen LogP contribution in [0.2, 0.25) is 0 Å². The van der Waals surface area contributed by atoms with Crippen LogP contribution in [0.25, 0.3) is 0 Å². The molecule has 1 fully saturated rings. The summed E-state index contributed by atoms with van der Waals surface area (Å²) in [6, 6.07) is 10.4. The van der Waals surface area contributed by atoms with Gasteiger partial charge in [0, 0.05) is 26.1 Å². The van der Waals surface area contributed by atoms with Crippen LogP contribution in [-0.2, 0) is 6.54 Å². The molecule has 14 heavy (non-hydrogen) atoms. The Morgan fingerprint density at radius 3 is 2.71 bits per heavy atom. The molecule has 1 aliphatic rings. The van der Waals surface area contributed by atoms with Crippen LogP contribution in [-0.4, -0.2) is 28.9 Å². The lowest BCUT2D eigenvalue weighted by atomic mass is 10.2. The summed E-state index contributed by atoms with van der Waals surface area (Å²) in [4.78, 5) is 2.28. The van der Waals surface area contributed by atoms with Crippen LogP contribution in [0, 0.1) is 0 Å². The fourth-order valence-corrected chi connectivity index (χ4v) is 1.76. The maximum Gasteiger partial charge on any atom is 0.0723 e. The third-order valence-corrected chi connectivity index (χ3v) is 2.51. The standard InChI is InChI=1S/C11H14N2O/c14-12-11-6-7-13(9-11)8-10-4-2-1-3-5-10/h1-5,14H,6-9H2/b12-11+. The minimum Gasteiger partial charge on any atom is -0.411 e. The van der Waals surface area contributed by atoms with E-state index in [9.17, 15) is 0 Å². The second-order valence-electron chi connectivity index (χ2n) is 3.61. The van der Waals surface area contributed by atoms with Gasteiger partial charge >= 0.3 is 0 Å². The van der Waals surface area contributed by atoms with Crippen LogP contribution < -0.4 is 0 Å². The van der Waals surface area contributed by atoms with Gasteiger partial charge in [0.1, 0.15) is 0 Å². The zero-order chi connectivity index (χ0) is 9.80. The number of nitrogens with zero attached hydrogens (tertiary/aromatic N) is 2. The predicted octanol–water partition coefficient (Wildman–Crippen LogP) is 1.72. The maximum absolute atomic E-state index is 8.61. The molecule has 1 heterocycles. The number of hydrogen-bond donors (Lipinski definition) is 1. The number of hydrogen-bond acceptors (Lipinski definition) is 3. The largest absolute Gasteiger partial charge is 0.411 e. The van der Waals surface area contributed by atoms with Crippen molar-refractivity contribution in [3.8, 4) is 0 Å². The van der Waals surface area contributed by atoms with Gasteiger partial charge in [0.15, 0.2) is 0 Å². The summed E-state index contributed by atoms with van der Waals surface area (Å²) in [5, 5.41) is 11.9. The summed E-state index contributed by atoms with van der Waals surface area (Å²) in [6.45, 7) is 2.74. The molecule has 0 aliphatic carbocycles. The van der Waals surface area contributed by atoms with E-state index in [1.807, 2.05) is 18.2 Å². The smallest absolute Gasteiger partial charge is 0.0723 e. The summed E-state index contributed by atoms with van der Waals surface area (Å²) >= 11 is 0. The van der Waals surface area contributed by atoms with Crippen LogP contribution in [0.4, 0.5) is 0 Å². The summed E-state index contributed by atoms with van der Waals surface area (Å²) in [6.07, 6.45) is 0.892. The maximum atomic E-state index is 8.61. The highest BCUT2D eigenvalue weighted by Gasteiger charge is 2.17. The minimum absolute atomic E-state index is 0.797. The van der Waals surface area contributed by atoms with Gasteiger partial charge in [-0.1, -0.05) is 35.5 Å². The van der Waals surface area contributed by atoms with Crippen LogP contribution in [0.3, 0.4) is 0 Å². The summed E-state index contributed by atoms with van der Waals surface area (Å²) in [7, 11) is 0.